The van der Waals surface area contributed by atoms with Gasteiger partial charge in [-0.2, -0.15) is 0 Å². The van der Waals surface area contributed by atoms with E-state index in [1.807, 2.05) is 0 Å². The third-order valence-electron chi connectivity index (χ3n) is 1.96. The largest absolute Gasteiger partial charge is 0.492 e. The molecule has 2 N–H and O–H groups in total. The number of rotatable bonds is 2. The summed E-state index contributed by atoms with van der Waals surface area (Å²) >= 11 is 0. The molecular formula is C9H9NO4. The quantitative estimate of drug-likeness (QED) is 0.746. The maximum atomic E-state index is 11.0. The van der Waals surface area contributed by atoms with E-state index >= 15 is 0 Å². The van der Waals surface area contributed by atoms with Crippen molar-refractivity contribution in [2.75, 3.05) is 13.9 Å². The molecule has 0 bridgehead atoms. The van der Waals surface area contributed by atoms with Crippen molar-refractivity contribution in [2.24, 2.45) is 5.73 Å². The SMILES string of the molecule is COc1c(C(N)=O)ccc2c1OCO2. The van der Waals surface area contributed by atoms with Crippen LogP contribution in [-0.4, -0.2) is 19.8 Å². The molecule has 1 aromatic carbocycles. The van der Waals surface area contributed by atoms with Crippen LogP contribution in [0.3, 0.4) is 0 Å². The lowest BCUT2D eigenvalue weighted by atomic mass is 10.1. The maximum Gasteiger partial charge on any atom is 0.252 e. The summed E-state index contributed by atoms with van der Waals surface area (Å²) in [7, 11) is 1.45. The zero-order chi connectivity index (χ0) is 10.1. The van der Waals surface area contributed by atoms with Gasteiger partial charge in [-0.1, -0.05) is 0 Å². The standard InChI is InChI=1S/C9H9NO4/c1-12-7-5(9(10)11)2-3-6-8(7)14-4-13-6/h2-3H,4H2,1H3,(H2,10,11). The van der Waals surface area contributed by atoms with Crippen LogP contribution < -0.4 is 19.9 Å². The lowest BCUT2D eigenvalue weighted by Gasteiger charge is -2.07. The van der Waals surface area contributed by atoms with Crippen molar-refractivity contribution in [1.82, 2.24) is 0 Å². The Labute approximate surface area is 80.4 Å². The van der Waals surface area contributed by atoms with Crippen LogP contribution in [0.15, 0.2) is 12.1 Å². The summed E-state index contributed by atoms with van der Waals surface area (Å²) < 4.78 is 15.3. The number of amides is 1. The zero-order valence-electron chi connectivity index (χ0n) is 7.57. The van der Waals surface area contributed by atoms with Gasteiger partial charge < -0.3 is 19.9 Å². The number of fused-ring (bicyclic) bond motifs is 1. The minimum absolute atomic E-state index is 0.133. The van der Waals surface area contributed by atoms with E-state index in [2.05, 4.69) is 0 Å². The first-order valence-electron chi connectivity index (χ1n) is 4.00. The molecule has 0 atom stereocenters. The number of hydrogen-bond donors (Lipinski definition) is 1. The number of methoxy groups -OCH3 is 1. The van der Waals surface area contributed by atoms with Crippen molar-refractivity contribution in [2.45, 2.75) is 0 Å². The monoisotopic (exact) mass is 195 g/mol. The Kier molecular flexibility index (Phi) is 1.92. The third-order valence-corrected chi connectivity index (χ3v) is 1.96. The summed E-state index contributed by atoms with van der Waals surface area (Å²) in [6.07, 6.45) is 0. The van der Waals surface area contributed by atoms with Gasteiger partial charge in [-0.15, -0.1) is 0 Å². The Hall–Kier alpha value is -1.91. The molecule has 1 amide bonds. The minimum Gasteiger partial charge on any atom is -0.492 e. The predicted molar refractivity (Wildman–Crippen MR) is 47.6 cm³/mol. The first-order chi connectivity index (χ1) is 6.74. The molecule has 5 heteroatoms. The van der Waals surface area contributed by atoms with Gasteiger partial charge in [0.1, 0.15) is 0 Å². The molecule has 0 spiro atoms. The van der Waals surface area contributed by atoms with Crippen LogP contribution in [0.4, 0.5) is 0 Å². The lowest BCUT2D eigenvalue weighted by molar-refractivity contribution is 0.0996. The Morgan fingerprint density at radius 2 is 2.29 bits per heavy atom. The van der Waals surface area contributed by atoms with Crippen molar-refractivity contribution >= 4 is 5.91 Å². The van der Waals surface area contributed by atoms with Gasteiger partial charge in [0.25, 0.3) is 5.91 Å². The van der Waals surface area contributed by atoms with E-state index in [1.165, 1.54) is 7.11 Å². The fraction of sp³-hybridized carbons (Fsp3) is 0.222. The van der Waals surface area contributed by atoms with Gasteiger partial charge >= 0.3 is 0 Å². The van der Waals surface area contributed by atoms with Gasteiger partial charge in [-0.3, -0.25) is 4.79 Å². The molecule has 0 saturated carbocycles. The first kappa shape index (κ1) is 8.68. The second-order valence-corrected chi connectivity index (χ2v) is 2.74. The number of ether oxygens (including phenoxy) is 3. The minimum atomic E-state index is -0.555. The van der Waals surface area contributed by atoms with Gasteiger partial charge in [0.15, 0.2) is 11.5 Å². The molecule has 74 valence electrons. The van der Waals surface area contributed by atoms with Gasteiger partial charge in [0.2, 0.25) is 12.5 Å². The molecule has 0 unspecified atom stereocenters. The number of hydrogen-bond acceptors (Lipinski definition) is 4. The molecule has 14 heavy (non-hydrogen) atoms. The van der Waals surface area contributed by atoms with Gasteiger partial charge in [0, 0.05) is 0 Å². The molecule has 2 rings (SSSR count). The van der Waals surface area contributed by atoms with Crippen molar-refractivity contribution in [1.29, 1.82) is 0 Å². The molecular weight excluding hydrogens is 186 g/mol. The topological polar surface area (TPSA) is 70.8 Å². The van der Waals surface area contributed by atoms with Crippen LogP contribution >= 0.6 is 0 Å². The molecule has 0 radical (unpaired) electrons. The average Bonchev–Trinajstić information content (AvgIpc) is 2.63. The number of benzene rings is 1. The molecule has 0 saturated heterocycles. The summed E-state index contributed by atoms with van der Waals surface area (Å²) in [6.45, 7) is 0.133. The second-order valence-electron chi connectivity index (χ2n) is 2.74. The van der Waals surface area contributed by atoms with Gasteiger partial charge in [-0.25, -0.2) is 0 Å². The molecule has 0 aliphatic carbocycles. The summed E-state index contributed by atoms with van der Waals surface area (Å²) in [6, 6.07) is 3.18. The van der Waals surface area contributed by atoms with Gasteiger partial charge in [0.05, 0.1) is 12.7 Å². The predicted octanol–water partition coefficient (Wildman–Crippen LogP) is 0.523. The highest BCUT2D eigenvalue weighted by atomic mass is 16.7. The van der Waals surface area contributed by atoms with E-state index in [0.29, 0.717) is 17.2 Å². The van der Waals surface area contributed by atoms with E-state index in [9.17, 15) is 4.79 Å². The Morgan fingerprint density at radius 1 is 1.50 bits per heavy atom. The lowest BCUT2D eigenvalue weighted by Crippen LogP contribution is -2.12. The summed E-state index contributed by atoms with van der Waals surface area (Å²) in [5, 5.41) is 0. The number of primary amides is 1. The molecule has 1 aliphatic rings. The summed E-state index contributed by atoms with van der Waals surface area (Å²) in [5.74, 6) is 0.767. The highest BCUT2D eigenvalue weighted by Crippen LogP contribution is 2.42. The Bertz CT molecular complexity index is 389. The maximum absolute atomic E-state index is 11.0. The van der Waals surface area contributed by atoms with Crippen LogP contribution in [0.25, 0.3) is 0 Å². The van der Waals surface area contributed by atoms with Crippen LogP contribution in [0.2, 0.25) is 0 Å². The van der Waals surface area contributed by atoms with Crippen molar-refractivity contribution in [3.63, 3.8) is 0 Å². The Balaban J connectivity index is 2.59. The summed E-state index contributed by atoms with van der Waals surface area (Å²) in [5.41, 5.74) is 5.46. The van der Waals surface area contributed by atoms with E-state index in [1.54, 1.807) is 12.1 Å². The van der Waals surface area contributed by atoms with Crippen molar-refractivity contribution in [3.8, 4) is 17.2 Å². The second kappa shape index (κ2) is 3.10. The van der Waals surface area contributed by atoms with Crippen LogP contribution in [-0.2, 0) is 0 Å². The molecule has 0 fully saturated rings. The highest BCUT2D eigenvalue weighted by molar-refractivity contribution is 5.97. The normalized spacial score (nSPS) is 12.6. The van der Waals surface area contributed by atoms with Crippen molar-refractivity contribution < 1.29 is 19.0 Å². The zero-order valence-corrected chi connectivity index (χ0v) is 7.57. The smallest absolute Gasteiger partial charge is 0.252 e. The number of nitrogens with two attached hydrogens (primary N) is 1. The fourth-order valence-electron chi connectivity index (χ4n) is 1.34. The Morgan fingerprint density at radius 3 is 2.93 bits per heavy atom. The van der Waals surface area contributed by atoms with E-state index < -0.39 is 5.91 Å². The van der Waals surface area contributed by atoms with E-state index in [4.69, 9.17) is 19.9 Å². The van der Waals surface area contributed by atoms with E-state index in [0.717, 1.165) is 0 Å². The molecule has 1 aromatic rings. The van der Waals surface area contributed by atoms with Gasteiger partial charge in [-0.05, 0) is 12.1 Å². The number of carbonyl (C=O) groups excluding carboxylic acids is 1. The van der Waals surface area contributed by atoms with Crippen molar-refractivity contribution in [3.05, 3.63) is 17.7 Å². The average molecular weight is 195 g/mol. The number of carbonyl (C=O) groups is 1. The molecule has 5 nitrogen and oxygen atoms in total. The van der Waals surface area contributed by atoms with Crippen LogP contribution in [0, 0.1) is 0 Å². The molecule has 1 aliphatic heterocycles. The fourth-order valence-corrected chi connectivity index (χ4v) is 1.34. The van der Waals surface area contributed by atoms with Crippen LogP contribution in [0.5, 0.6) is 17.2 Å². The summed E-state index contributed by atoms with van der Waals surface area (Å²) in [4.78, 5) is 11.0. The van der Waals surface area contributed by atoms with Crippen LogP contribution in [0.1, 0.15) is 10.4 Å². The first-order valence-corrected chi connectivity index (χ1v) is 4.00. The molecule has 0 aromatic heterocycles. The third kappa shape index (κ3) is 1.14. The van der Waals surface area contributed by atoms with E-state index in [-0.39, 0.29) is 12.4 Å². The highest BCUT2D eigenvalue weighted by Gasteiger charge is 2.23. The molecule has 1 heterocycles.